The van der Waals surface area contributed by atoms with Gasteiger partial charge in [0.15, 0.2) is 5.58 Å². The second-order valence-electron chi connectivity index (χ2n) is 8.91. The van der Waals surface area contributed by atoms with Crippen LogP contribution in [0.1, 0.15) is 30.1 Å². The first-order valence-corrected chi connectivity index (χ1v) is 12.7. The highest BCUT2D eigenvalue weighted by atomic mass is 127. The van der Waals surface area contributed by atoms with Gasteiger partial charge in [0, 0.05) is 26.6 Å². The minimum absolute atomic E-state index is 0.0159. The minimum Gasteiger partial charge on any atom is -0.453 e. The van der Waals surface area contributed by atoms with Gasteiger partial charge in [-0.15, -0.1) is 0 Å². The maximum atomic E-state index is 14.8. The molecule has 0 radical (unpaired) electrons. The number of fused-ring (bicyclic) bond motifs is 1. The van der Waals surface area contributed by atoms with Crippen LogP contribution >= 0.6 is 22.6 Å². The third kappa shape index (κ3) is 4.61. The molecule has 190 valence electrons. The number of benzene rings is 2. The standard InChI is InChI=1S/C27H23FIN3O5/c1-13-23(31-20-10-7-16(29)12-19(20)28)22-24(37-26(13)34)21(14(2)32(25(22)33)18-8-9-18)15-5-4-6-17(11-15)30-27(35)36-3/h4-7,10-12,18,31H,8-9H2,1-3H3,(H,30,35). The Balaban J connectivity index is 1.82. The zero-order valence-electron chi connectivity index (χ0n) is 20.3. The molecule has 0 bridgehead atoms. The molecule has 1 fully saturated rings. The zero-order chi connectivity index (χ0) is 26.4. The van der Waals surface area contributed by atoms with Crippen molar-refractivity contribution < 1.29 is 18.3 Å². The van der Waals surface area contributed by atoms with Crippen LogP contribution in [0.5, 0.6) is 0 Å². The van der Waals surface area contributed by atoms with E-state index in [1.807, 2.05) is 22.6 Å². The summed E-state index contributed by atoms with van der Waals surface area (Å²) in [6, 6.07) is 11.6. The minimum atomic E-state index is -0.644. The van der Waals surface area contributed by atoms with Crippen molar-refractivity contribution >= 4 is 56.7 Å². The molecule has 1 aliphatic rings. The van der Waals surface area contributed by atoms with Crippen LogP contribution in [0.25, 0.3) is 22.1 Å². The number of carbonyl (C=O) groups excluding carboxylic acids is 1. The average Bonchev–Trinajstić information content (AvgIpc) is 3.69. The third-order valence-electron chi connectivity index (χ3n) is 6.42. The second-order valence-corrected chi connectivity index (χ2v) is 10.2. The number of methoxy groups -OCH3 is 1. The number of anilines is 3. The smallest absolute Gasteiger partial charge is 0.411 e. The summed E-state index contributed by atoms with van der Waals surface area (Å²) in [5, 5.41) is 5.79. The van der Waals surface area contributed by atoms with Gasteiger partial charge in [-0.2, -0.15) is 0 Å². The normalized spacial score (nSPS) is 13.0. The van der Waals surface area contributed by atoms with Crippen LogP contribution in [0.2, 0.25) is 0 Å². The molecule has 1 saturated carbocycles. The van der Waals surface area contributed by atoms with Crippen LogP contribution in [0, 0.1) is 23.2 Å². The fourth-order valence-electron chi connectivity index (χ4n) is 4.48. The predicted octanol–water partition coefficient (Wildman–Crippen LogP) is 6.24. The van der Waals surface area contributed by atoms with Gasteiger partial charge < -0.3 is 19.0 Å². The van der Waals surface area contributed by atoms with E-state index in [0.717, 1.165) is 12.8 Å². The van der Waals surface area contributed by atoms with Crippen molar-refractivity contribution in [2.45, 2.75) is 32.7 Å². The van der Waals surface area contributed by atoms with Gasteiger partial charge in [0.1, 0.15) is 11.2 Å². The molecule has 10 heteroatoms. The SMILES string of the molecule is COC(=O)Nc1cccc(-c2c(C)n(C3CC3)c(=O)c3c(Nc4ccc(I)cc4F)c(C)c(=O)oc23)c1. The van der Waals surface area contributed by atoms with E-state index in [1.165, 1.54) is 13.2 Å². The Bertz CT molecular complexity index is 1690. The van der Waals surface area contributed by atoms with Crippen molar-refractivity contribution in [1.82, 2.24) is 4.57 Å². The lowest BCUT2D eigenvalue weighted by molar-refractivity contribution is 0.187. The number of hydrogen-bond acceptors (Lipinski definition) is 6. The van der Waals surface area contributed by atoms with Crippen molar-refractivity contribution in [1.29, 1.82) is 0 Å². The molecular formula is C27H23FIN3O5. The molecule has 2 N–H and O–H groups in total. The number of aromatic nitrogens is 1. The Kier molecular flexibility index (Phi) is 6.52. The van der Waals surface area contributed by atoms with Crippen LogP contribution in [0.15, 0.2) is 56.5 Å². The molecule has 5 rings (SSSR count). The van der Waals surface area contributed by atoms with Crippen molar-refractivity contribution in [3.05, 3.63) is 83.9 Å². The lowest BCUT2D eigenvalue weighted by atomic mass is 9.99. The molecule has 0 spiro atoms. The molecular weight excluding hydrogens is 592 g/mol. The van der Waals surface area contributed by atoms with Crippen LogP contribution in [-0.4, -0.2) is 17.8 Å². The van der Waals surface area contributed by atoms with E-state index in [1.54, 1.807) is 54.8 Å². The Hall–Kier alpha value is -3.67. The highest BCUT2D eigenvalue weighted by molar-refractivity contribution is 14.1. The largest absolute Gasteiger partial charge is 0.453 e. The molecule has 1 amide bonds. The number of pyridine rings is 1. The molecule has 0 atom stereocenters. The van der Waals surface area contributed by atoms with E-state index < -0.39 is 17.5 Å². The van der Waals surface area contributed by atoms with Gasteiger partial charge in [-0.1, -0.05) is 12.1 Å². The maximum Gasteiger partial charge on any atom is 0.411 e. The summed E-state index contributed by atoms with van der Waals surface area (Å²) in [5.41, 5.74) is 1.91. The van der Waals surface area contributed by atoms with E-state index >= 15 is 0 Å². The Labute approximate surface area is 224 Å². The van der Waals surface area contributed by atoms with Gasteiger partial charge in [-0.3, -0.25) is 10.1 Å². The summed E-state index contributed by atoms with van der Waals surface area (Å²) in [6.07, 6.45) is 1.06. The Morgan fingerprint density at radius 3 is 2.59 bits per heavy atom. The van der Waals surface area contributed by atoms with E-state index in [0.29, 0.717) is 26.1 Å². The molecule has 0 unspecified atom stereocenters. The number of hydrogen-bond donors (Lipinski definition) is 2. The van der Waals surface area contributed by atoms with Crippen molar-refractivity contribution in [2.75, 3.05) is 17.7 Å². The fourth-order valence-corrected chi connectivity index (χ4v) is 4.93. The highest BCUT2D eigenvalue weighted by Gasteiger charge is 2.31. The van der Waals surface area contributed by atoms with Crippen LogP contribution in [0.4, 0.5) is 26.2 Å². The lowest BCUT2D eigenvalue weighted by Crippen LogP contribution is -2.25. The lowest BCUT2D eigenvalue weighted by Gasteiger charge is -2.19. The topological polar surface area (TPSA) is 103 Å². The van der Waals surface area contributed by atoms with Gasteiger partial charge in [0.2, 0.25) is 0 Å². The Morgan fingerprint density at radius 2 is 1.92 bits per heavy atom. The summed E-state index contributed by atoms with van der Waals surface area (Å²) < 4.78 is 27.6. The molecule has 2 heterocycles. The number of halogens is 2. The maximum absolute atomic E-state index is 14.8. The van der Waals surface area contributed by atoms with Crippen LogP contribution in [0.3, 0.4) is 0 Å². The second kappa shape index (κ2) is 9.66. The average molecular weight is 615 g/mol. The molecule has 0 saturated heterocycles. The first-order valence-electron chi connectivity index (χ1n) is 11.6. The summed E-state index contributed by atoms with van der Waals surface area (Å²) >= 11 is 2.01. The molecule has 37 heavy (non-hydrogen) atoms. The van der Waals surface area contributed by atoms with E-state index in [4.69, 9.17) is 9.15 Å². The van der Waals surface area contributed by atoms with E-state index in [9.17, 15) is 18.8 Å². The molecule has 1 aliphatic carbocycles. The summed E-state index contributed by atoms with van der Waals surface area (Å²) in [5.74, 6) is -0.510. The molecule has 8 nitrogen and oxygen atoms in total. The van der Waals surface area contributed by atoms with E-state index in [2.05, 4.69) is 10.6 Å². The zero-order valence-corrected chi connectivity index (χ0v) is 22.4. The number of rotatable bonds is 5. The molecule has 2 aromatic heterocycles. The van der Waals surface area contributed by atoms with Crippen molar-refractivity contribution in [2.24, 2.45) is 0 Å². The van der Waals surface area contributed by atoms with Crippen molar-refractivity contribution in [3.63, 3.8) is 0 Å². The fraction of sp³-hybridized carbons (Fsp3) is 0.222. The Morgan fingerprint density at radius 1 is 1.16 bits per heavy atom. The van der Waals surface area contributed by atoms with Gasteiger partial charge >= 0.3 is 11.7 Å². The van der Waals surface area contributed by atoms with E-state index in [-0.39, 0.29) is 39.5 Å². The molecule has 0 aliphatic heterocycles. The van der Waals surface area contributed by atoms with Crippen LogP contribution < -0.4 is 21.8 Å². The number of ether oxygens (including phenoxy) is 1. The highest BCUT2D eigenvalue weighted by Crippen LogP contribution is 2.41. The van der Waals surface area contributed by atoms with Gasteiger partial charge in [0.25, 0.3) is 5.56 Å². The van der Waals surface area contributed by atoms with Gasteiger partial charge in [-0.05, 0) is 85.2 Å². The van der Waals surface area contributed by atoms with Gasteiger partial charge in [-0.25, -0.2) is 14.0 Å². The number of carbonyl (C=O) groups is 1. The number of nitrogens with one attached hydrogen (secondary N) is 2. The third-order valence-corrected chi connectivity index (χ3v) is 7.09. The predicted molar refractivity (Wildman–Crippen MR) is 148 cm³/mol. The number of amides is 1. The number of nitrogens with zero attached hydrogens (tertiary/aromatic N) is 1. The quantitative estimate of drug-likeness (QED) is 0.258. The van der Waals surface area contributed by atoms with Crippen molar-refractivity contribution in [3.8, 4) is 11.1 Å². The molecule has 2 aromatic carbocycles. The summed E-state index contributed by atoms with van der Waals surface area (Å²) in [4.78, 5) is 38.6. The first-order chi connectivity index (χ1) is 17.7. The molecule has 4 aromatic rings. The van der Waals surface area contributed by atoms with Gasteiger partial charge in [0.05, 0.1) is 24.0 Å². The summed E-state index contributed by atoms with van der Waals surface area (Å²) in [6.45, 7) is 3.35. The first kappa shape index (κ1) is 25.0. The monoisotopic (exact) mass is 615 g/mol. The summed E-state index contributed by atoms with van der Waals surface area (Å²) in [7, 11) is 1.27. The van der Waals surface area contributed by atoms with Crippen LogP contribution in [-0.2, 0) is 4.74 Å².